The Morgan fingerprint density at radius 1 is 1.08 bits per heavy atom. The van der Waals surface area contributed by atoms with Gasteiger partial charge in [0.25, 0.3) is 0 Å². The van der Waals surface area contributed by atoms with E-state index in [9.17, 15) is 0 Å². The normalized spacial score (nSPS) is 20.7. The van der Waals surface area contributed by atoms with E-state index >= 15 is 0 Å². The molecule has 1 aliphatic rings. The van der Waals surface area contributed by atoms with Gasteiger partial charge in [-0.05, 0) is 36.6 Å². The lowest BCUT2D eigenvalue weighted by Gasteiger charge is -2.38. The quantitative estimate of drug-likeness (QED) is 0.762. The Kier molecular flexibility index (Phi) is 6.47. The summed E-state index contributed by atoms with van der Waals surface area (Å²) in [6.07, 6.45) is 4.11. The van der Waals surface area contributed by atoms with E-state index in [2.05, 4.69) is 28.1 Å². The van der Waals surface area contributed by atoms with Gasteiger partial charge in [-0.25, -0.2) is 4.98 Å². The van der Waals surface area contributed by atoms with E-state index in [-0.39, 0.29) is 0 Å². The molecule has 2 heterocycles. The molecule has 0 bridgehead atoms. The molecule has 1 fully saturated rings. The number of benzene rings is 1. The number of hydrogen-bond acceptors (Lipinski definition) is 5. The average Bonchev–Trinajstić information content (AvgIpc) is 2.69. The van der Waals surface area contributed by atoms with Gasteiger partial charge in [-0.1, -0.05) is 18.2 Å². The molecule has 1 aliphatic heterocycles. The fourth-order valence-corrected chi connectivity index (χ4v) is 3.77. The van der Waals surface area contributed by atoms with Crippen molar-refractivity contribution in [2.24, 2.45) is 5.92 Å². The predicted octanol–water partition coefficient (Wildman–Crippen LogP) is 3.18. The van der Waals surface area contributed by atoms with Crippen LogP contribution in [0.4, 0.5) is 0 Å². The number of rotatable bonds is 7. The molecule has 0 radical (unpaired) electrons. The first-order chi connectivity index (χ1) is 12.7. The van der Waals surface area contributed by atoms with Gasteiger partial charge in [0.1, 0.15) is 5.75 Å². The largest absolute Gasteiger partial charge is 0.497 e. The van der Waals surface area contributed by atoms with Crippen LogP contribution in [-0.4, -0.2) is 50.4 Å². The van der Waals surface area contributed by atoms with E-state index in [4.69, 9.17) is 14.2 Å². The molecule has 0 saturated carbocycles. The lowest BCUT2D eigenvalue weighted by atomic mass is 9.88. The minimum absolute atomic E-state index is 0.296. The second kappa shape index (κ2) is 9.01. The first-order valence-corrected chi connectivity index (χ1v) is 9.09. The highest BCUT2D eigenvalue weighted by Gasteiger charge is 2.29. The third kappa shape index (κ3) is 4.54. The number of ether oxygens (including phenoxy) is 3. The number of nitrogens with zero attached hydrogens (tertiary/aromatic N) is 2. The third-order valence-electron chi connectivity index (χ3n) is 5.15. The van der Waals surface area contributed by atoms with Crippen molar-refractivity contribution >= 4 is 0 Å². The van der Waals surface area contributed by atoms with E-state index in [0.29, 0.717) is 17.9 Å². The summed E-state index contributed by atoms with van der Waals surface area (Å²) >= 11 is 0. The van der Waals surface area contributed by atoms with Gasteiger partial charge in [-0.3, -0.25) is 4.90 Å². The summed E-state index contributed by atoms with van der Waals surface area (Å²) in [6, 6.07) is 12.4. The first kappa shape index (κ1) is 18.7. The van der Waals surface area contributed by atoms with E-state index in [1.165, 1.54) is 5.56 Å². The molecule has 0 N–H and O–H groups in total. The molecule has 0 amide bonds. The molecule has 1 aromatic carbocycles. The smallest absolute Gasteiger partial charge is 0.217 e. The highest BCUT2D eigenvalue weighted by molar-refractivity contribution is 5.28. The fourth-order valence-electron chi connectivity index (χ4n) is 3.77. The number of likely N-dealkylation sites (tertiary alicyclic amines) is 1. The minimum Gasteiger partial charge on any atom is -0.497 e. The fraction of sp³-hybridized carbons (Fsp3) is 0.476. The Morgan fingerprint density at radius 3 is 2.58 bits per heavy atom. The van der Waals surface area contributed by atoms with E-state index in [1.54, 1.807) is 20.4 Å². The molecular weight excluding hydrogens is 328 g/mol. The number of methoxy groups -OCH3 is 3. The number of hydrogen-bond donors (Lipinski definition) is 0. The summed E-state index contributed by atoms with van der Waals surface area (Å²) in [5.41, 5.74) is 2.45. The molecular formula is C21H28N2O3. The molecule has 2 aromatic rings. The van der Waals surface area contributed by atoms with Crippen LogP contribution in [0.1, 0.15) is 17.5 Å². The topological polar surface area (TPSA) is 43.8 Å². The summed E-state index contributed by atoms with van der Waals surface area (Å²) < 4.78 is 16.4. The van der Waals surface area contributed by atoms with Crippen LogP contribution in [0.15, 0.2) is 42.6 Å². The Morgan fingerprint density at radius 2 is 1.88 bits per heavy atom. The average molecular weight is 356 g/mol. The Balaban J connectivity index is 1.67. The van der Waals surface area contributed by atoms with Crippen LogP contribution in [0.25, 0.3) is 0 Å². The maximum atomic E-state index is 5.78. The van der Waals surface area contributed by atoms with E-state index in [0.717, 1.165) is 43.8 Å². The highest BCUT2D eigenvalue weighted by Crippen LogP contribution is 2.27. The second-order valence-corrected chi connectivity index (χ2v) is 6.78. The lowest BCUT2D eigenvalue weighted by Crippen LogP contribution is -2.44. The van der Waals surface area contributed by atoms with Gasteiger partial charge in [0.05, 0.1) is 20.3 Å². The summed E-state index contributed by atoms with van der Waals surface area (Å²) in [4.78, 5) is 6.79. The first-order valence-electron chi connectivity index (χ1n) is 9.09. The van der Waals surface area contributed by atoms with Crippen LogP contribution in [0.3, 0.4) is 0 Å². The SMILES string of the molecule is COc1ccc(C[C@H]2CN(Cc3cccnc3OC)CC[C@H]2OC)cc1. The lowest BCUT2D eigenvalue weighted by molar-refractivity contribution is -0.00866. The maximum Gasteiger partial charge on any atom is 0.217 e. The molecule has 0 unspecified atom stereocenters. The van der Waals surface area contributed by atoms with Crippen LogP contribution >= 0.6 is 0 Å². The van der Waals surface area contributed by atoms with Crippen molar-refractivity contribution in [3.63, 3.8) is 0 Å². The third-order valence-corrected chi connectivity index (χ3v) is 5.15. The summed E-state index contributed by atoms with van der Waals surface area (Å²) in [6.45, 7) is 2.88. The maximum absolute atomic E-state index is 5.78. The van der Waals surface area contributed by atoms with Crippen molar-refractivity contribution in [1.82, 2.24) is 9.88 Å². The molecule has 1 aromatic heterocycles. The zero-order valence-corrected chi connectivity index (χ0v) is 15.9. The van der Waals surface area contributed by atoms with Crippen LogP contribution < -0.4 is 9.47 Å². The van der Waals surface area contributed by atoms with Crippen LogP contribution in [0.5, 0.6) is 11.6 Å². The molecule has 0 spiro atoms. The molecule has 3 rings (SSSR count). The van der Waals surface area contributed by atoms with Crippen molar-refractivity contribution in [2.45, 2.75) is 25.5 Å². The van der Waals surface area contributed by atoms with Gasteiger partial charge in [-0.15, -0.1) is 0 Å². The summed E-state index contributed by atoms with van der Waals surface area (Å²) in [5.74, 6) is 2.07. The van der Waals surface area contributed by atoms with Gasteiger partial charge in [0.15, 0.2) is 0 Å². The van der Waals surface area contributed by atoms with Crippen molar-refractivity contribution in [3.8, 4) is 11.6 Å². The molecule has 140 valence electrons. The summed E-state index contributed by atoms with van der Waals surface area (Å²) in [7, 11) is 5.20. The molecule has 0 aliphatic carbocycles. The standard InChI is InChI=1S/C21H28N2O3/c1-24-19-8-6-16(7-9-19)13-18-15-23(12-10-20(18)25-2)14-17-5-4-11-22-21(17)26-3/h4-9,11,18,20H,10,12-15H2,1-3H3/t18-,20+/m0/s1. The number of piperidine rings is 1. The van der Waals surface area contributed by atoms with Gasteiger partial charge in [0.2, 0.25) is 5.88 Å². The molecule has 26 heavy (non-hydrogen) atoms. The van der Waals surface area contributed by atoms with Crippen molar-refractivity contribution < 1.29 is 14.2 Å². The zero-order valence-electron chi connectivity index (χ0n) is 15.9. The summed E-state index contributed by atoms with van der Waals surface area (Å²) in [5, 5.41) is 0. The Hall–Kier alpha value is -2.11. The van der Waals surface area contributed by atoms with Gasteiger partial charge in [-0.2, -0.15) is 0 Å². The zero-order chi connectivity index (χ0) is 18.4. The molecule has 1 saturated heterocycles. The predicted molar refractivity (Wildman–Crippen MR) is 102 cm³/mol. The monoisotopic (exact) mass is 356 g/mol. The Bertz CT molecular complexity index is 690. The molecule has 5 heteroatoms. The number of pyridine rings is 1. The van der Waals surface area contributed by atoms with E-state index in [1.807, 2.05) is 25.3 Å². The van der Waals surface area contributed by atoms with Gasteiger partial charge < -0.3 is 14.2 Å². The number of aromatic nitrogens is 1. The molecule has 2 atom stereocenters. The van der Waals surface area contributed by atoms with Crippen LogP contribution in [-0.2, 0) is 17.7 Å². The van der Waals surface area contributed by atoms with Crippen LogP contribution in [0, 0.1) is 5.92 Å². The van der Waals surface area contributed by atoms with Crippen molar-refractivity contribution in [1.29, 1.82) is 0 Å². The van der Waals surface area contributed by atoms with Crippen molar-refractivity contribution in [2.75, 3.05) is 34.4 Å². The van der Waals surface area contributed by atoms with E-state index < -0.39 is 0 Å². The highest BCUT2D eigenvalue weighted by atomic mass is 16.5. The second-order valence-electron chi connectivity index (χ2n) is 6.78. The Labute approximate surface area is 155 Å². The van der Waals surface area contributed by atoms with Crippen molar-refractivity contribution in [3.05, 3.63) is 53.7 Å². The van der Waals surface area contributed by atoms with Crippen LogP contribution in [0.2, 0.25) is 0 Å². The van der Waals surface area contributed by atoms with Gasteiger partial charge >= 0.3 is 0 Å². The molecule has 5 nitrogen and oxygen atoms in total. The minimum atomic E-state index is 0.296. The van der Waals surface area contributed by atoms with Gasteiger partial charge in [0, 0.05) is 44.4 Å².